The van der Waals surface area contributed by atoms with E-state index in [1.165, 1.54) is 5.56 Å². The average molecular weight is 352 g/mol. The van der Waals surface area contributed by atoms with Gasteiger partial charge in [-0.05, 0) is 44.7 Å². The van der Waals surface area contributed by atoms with E-state index in [4.69, 9.17) is 0 Å². The molecule has 0 saturated carbocycles. The summed E-state index contributed by atoms with van der Waals surface area (Å²) in [5, 5.41) is 5.75. The van der Waals surface area contributed by atoms with Gasteiger partial charge in [0.15, 0.2) is 0 Å². The third-order valence-electron chi connectivity index (χ3n) is 4.44. The van der Waals surface area contributed by atoms with Crippen LogP contribution in [0.2, 0.25) is 0 Å². The summed E-state index contributed by atoms with van der Waals surface area (Å²) in [6.07, 6.45) is 1.75. The quantitative estimate of drug-likeness (QED) is 0.565. The smallest absolute Gasteiger partial charge is 0.235 e. The van der Waals surface area contributed by atoms with Crippen molar-refractivity contribution in [3.63, 3.8) is 0 Å². The molecule has 0 fully saturated rings. The third-order valence-corrected chi connectivity index (χ3v) is 4.44. The van der Waals surface area contributed by atoms with E-state index in [2.05, 4.69) is 22.8 Å². The summed E-state index contributed by atoms with van der Waals surface area (Å²) in [5.41, 5.74) is 2.32. The summed E-state index contributed by atoms with van der Waals surface area (Å²) in [6.45, 7) is 6.31. The molecule has 0 atom stereocenters. The van der Waals surface area contributed by atoms with Crippen molar-refractivity contribution in [3.8, 4) is 0 Å². The van der Waals surface area contributed by atoms with Crippen molar-refractivity contribution < 1.29 is 9.59 Å². The van der Waals surface area contributed by atoms with Gasteiger partial charge in [0.1, 0.15) is 5.41 Å². The van der Waals surface area contributed by atoms with Crippen molar-refractivity contribution in [2.75, 3.05) is 6.54 Å². The monoisotopic (exact) mass is 352 g/mol. The van der Waals surface area contributed by atoms with Crippen molar-refractivity contribution in [2.45, 2.75) is 40.2 Å². The fourth-order valence-electron chi connectivity index (χ4n) is 2.69. The molecule has 0 radical (unpaired) electrons. The first-order valence-corrected chi connectivity index (χ1v) is 9.05. The van der Waals surface area contributed by atoms with Gasteiger partial charge in [0, 0.05) is 13.1 Å². The molecule has 4 nitrogen and oxygen atoms in total. The zero-order valence-electron chi connectivity index (χ0n) is 15.8. The second kappa shape index (κ2) is 9.18. The van der Waals surface area contributed by atoms with Gasteiger partial charge in [0.05, 0.1) is 0 Å². The van der Waals surface area contributed by atoms with Crippen LogP contribution in [0.15, 0.2) is 54.6 Å². The molecule has 2 aromatic carbocycles. The molecule has 2 N–H and O–H groups in total. The minimum atomic E-state index is -1.10. The molecule has 0 aliphatic heterocycles. The predicted octanol–water partition coefficient (Wildman–Crippen LogP) is 3.39. The number of nitrogens with one attached hydrogen (secondary N) is 2. The lowest BCUT2D eigenvalue weighted by molar-refractivity contribution is -0.141. The largest absolute Gasteiger partial charge is 0.355 e. The third kappa shape index (κ3) is 5.73. The highest BCUT2D eigenvalue weighted by atomic mass is 16.2. The van der Waals surface area contributed by atoms with Crippen LogP contribution in [-0.2, 0) is 22.6 Å². The number of carbonyl (C=O) groups is 2. The fraction of sp³-hybridized carbons (Fsp3) is 0.364. The van der Waals surface area contributed by atoms with Gasteiger partial charge in [-0.25, -0.2) is 0 Å². The Morgan fingerprint density at radius 3 is 2.23 bits per heavy atom. The number of benzene rings is 2. The minimum Gasteiger partial charge on any atom is -0.355 e. The maximum Gasteiger partial charge on any atom is 0.235 e. The summed E-state index contributed by atoms with van der Waals surface area (Å²) in [6, 6.07) is 18.1. The highest BCUT2D eigenvalue weighted by Crippen LogP contribution is 2.16. The van der Waals surface area contributed by atoms with Crippen LogP contribution in [0.5, 0.6) is 0 Å². The van der Waals surface area contributed by atoms with Gasteiger partial charge in [-0.15, -0.1) is 0 Å². The molecular formula is C22H28N2O2. The molecule has 4 heteroatoms. The van der Waals surface area contributed by atoms with E-state index in [1.54, 1.807) is 13.8 Å². The second-order valence-corrected chi connectivity index (χ2v) is 7.14. The normalized spacial score (nSPS) is 11.0. The van der Waals surface area contributed by atoms with Crippen LogP contribution in [0, 0.1) is 12.3 Å². The molecule has 0 saturated heterocycles. The number of hydrogen-bond acceptors (Lipinski definition) is 2. The zero-order chi connectivity index (χ0) is 19.0. The number of amides is 2. The van der Waals surface area contributed by atoms with Gasteiger partial charge in [0.25, 0.3) is 0 Å². The molecule has 0 unspecified atom stereocenters. The van der Waals surface area contributed by atoms with Gasteiger partial charge in [-0.3, -0.25) is 9.59 Å². The Kier molecular flexibility index (Phi) is 6.96. The Hall–Kier alpha value is -2.62. The fourth-order valence-corrected chi connectivity index (χ4v) is 2.69. The molecular weight excluding hydrogens is 324 g/mol. The summed E-state index contributed by atoms with van der Waals surface area (Å²) in [7, 11) is 0. The van der Waals surface area contributed by atoms with Crippen LogP contribution in [0.25, 0.3) is 0 Å². The molecule has 0 heterocycles. The molecule has 0 aliphatic rings. The lowest BCUT2D eigenvalue weighted by Crippen LogP contribution is -2.47. The summed E-state index contributed by atoms with van der Waals surface area (Å²) < 4.78 is 0. The second-order valence-electron chi connectivity index (χ2n) is 7.14. The molecule has 0 aromatic heterocycles. The zero-order valence-corrected chi connectivity index (χ0v) is 15.8. The van der Waals surface area contributed by atoms with Crippen LogP contribution in [-0.4, -0.2) is 18.4 Å². The van der Waals surface area contributed by atoms with Gasteiger partial charge >= 0.3 is 0 Å². The SMILES string of the molecule is Cc1cccc(CNC(=O)C(C)(C)C(=O)NCCCc2ccccc2)c1. The van der Waals surface area contributed by atoms with Crippen molar-refractivity contribution in [1.29, 1.82) is 0 Å². The maximum absolute atomic E-state index is 12.4. The Balaban J connectivity index is 1.77. The van der Waals surface area contributed by atoms with Crippen LogP contribution in [0.4, 0.5) is 0 Å². The highest BCUT2D eigenvalue weighted by Gasteiger charge is 2.35. The van der Waals surface area contributed by atoms with Crippen molar-refractivity contribution in [2.24, 2.45) is 5.41 Å². The number of rotatable bonds is 8. The van der Waals surface area contributed by atoms with Crippen LogP contribution >= 0.6 is 0 Å². The molecule has 0 bridgehead atoms. The molecule has 2 rings (SSSR count). The van der Waals surface area contributed by atoms with E-state index in [1.807, 2.05) is 49.4 Å². The Labute approximate surface area is 156 Å². The first-order chi connectivity index (χ1) is 12.4. The lowest BCUT2D eigenvalue weighted by atomic mass is 9.91. The van der Waals surface area contributed by atoms with E-state index >= 15 is 0 Å². The number of aryl methyl sites for hydroxylation is 2. The predicted molar refractivity (Wildman–Crippen MR) is 105 cm³/mol. The highest BCUT2D eigenvalue weighted by molar-refractivity contribution is 6.04. The van der Waals surface area contributed by atoms with E-state index < -0.39 is 5.41 Å². The molecule has 138 valence electrons. The summed E-state index contributed by atoms with van der Waals surface area (Å²) >= 11 is 0. The first-order valence-electron chi connectivity index (χ1n) is 9.05. The Bertz CT molecular complexity index is 739. The lowest BCUT2D eigenvalue weighted by Gasteiger charge is -2.23. The molecule has 2 aromatic rings. The van der Waals surface area contributed by atoms with E-state index in [0.29, 0.717) is 13.1 Å². The van der Waals surface area contributed by atoms with Crippen molar-refractivity contribution in [3.05, 3.63) is 71.3 Å². The molecule has 0 spiro atoms. The molecule has 2 amide bonds. The van der Waals surface area contributed by atoms with Gasteiger partial charge < -0.3 is 10.6 Å². The summed E-state index contributed by atoms with van der Waals surface area (Å²) in [4.78, 5) is 24.9. The van der Waals surface area contributed by atoms with Crippen molar-refractivity contribution >= 4 is 11.8 Å². The van der Waals surface area contributed by atoms with E-state index in [9.17, 15) is 9.59 Å². The van der Waals surface area contributed by atoms with E-state index in [-0.39, 0.29) is 11.8 Å². The van der Waals surface area contributed by atoms with E-state index in [0.717, 1.165) is 24.0 Å². The van der Waals surface area contributed by atoms with Crippen LogP contribution < -0.4 is 10.6 Å². The molecule has 26 heavy (non-hydrogen) atoms. The first kappa shape index (κ1) is 19.7. The van der Waals surface area contributed by atoms with Crippen molar-refractivity contribution in [1.82, 2.24) is 10.6 Å². The average Bonchev–Trinajstić information content (AvgIpc) is 2.64. The minimum absolute atomic E-state index is 0.243. The standard InChI is InChI=1S/C22H28N2O2/c1-17-9-7-12-19(15-17)16-24-21(26)22(2,3)20(25)23-14-8-13-18-10-5-4-6-11-18/h4-7,9-12,15H,8,13-14,16H2,1-3H3,(H,23,25)(H,24,26). The maximum atomic E-state index is 12.4. The number of carbonyl (C=O) groups excluding carboxylic acids is 2. The van der Waals surface area contributed by atoms with Gasteiger partial charge in [-0.2, -0.15) is 0 Å². The van der Waals surface area contributed by atoms with Crippen LogP contribution in [0.1, 0.15) is 37.0 Å². The van der Waals surface area contributed by atoms with Gasteiger partial charge in [-0.1, -0.05) is 60.2 Å². The summed E-state index contributed by atoms with van der Waals surface area (Å²) in [5.74, 6) is -0.508. The van der Waals surface area contributed by atoms with Gasteiger partial charge in [0.2, 0.25) is 11.8 Å². The Morgan fingerprint density at radius 1 is 0.885 bits per heavy atom. The molecule has 0 aliphatic carbocycles. The van der Waals surface area contributed by atoms with Crippen LogP contribution in [0.3, 0.4) is 0 Å². The topological polar surface area (TPSA) is 58.2 Å². The number of hydrogen-bond donors (Lipinski definition) is 2. The Morgan fingerprint density at radius 2 is 1.54 bits per heavy atom.